The molecule has 0 amide bonds. The Labute approximate surface area is 231 Å². The van der Waals surface area contributed by atoms with Crippen LogP contribution in [-0.4, -0.2) is 24.2 Å². The molecule has 3 heterocycles. The second-order valence-corrected chi connectivity index (χ2v) is 14.1. The third-order valence-corrected chi connectivity index (χ3v) is 12.6. The van der Waals surface area contributed by atoms with E-state index in [1.54, 1.807) is 0 Å². The van der Waals surface area contributed by atoms with Gasteiger partial charge in [-0.25, -0.2) is 0 Å². The number of ether oxygens (including phenoxy) is 1. The molecule has 7 aromatic rings. The van der Waals surface area contributed by atoms with E-state index in [2.05, 4.69) is 132 Å². The fraction of sp³-hybridized carbons (Fsp3) is 0. The van der Waals surface area contributed by atoms with E-state index in [0.29, 0.717) is 0 Å². The Morgan fingerprint density at radius 3 is 2.15 bits per heavy atom. The number of nitrogens with zero attached hydrogens (tertiary/aromatic N) is 2. The molecule has 1 atom stereocenters. The summed E-state index contributed by atoms with van der Waals surface area (Å²) in [5.41, 5.74) is 6.10. The number of aromatic nitrogens is 2. The molecule has 0 aliphatic carbocycles. The number of rotatable bonds is 4. The fourth-order valence-corrected chi connectivity index (χ4v) is 11.1. The zero-order valence-corrected chi connectivity index (χ0v) is 22.9. The third kappa shape index (κ3) is 3.62. The molecule has 39 heavy (non-hydrogen) atoms. The van der Waals surface area contributed by atoms with E-state index >= 15 is 0 Å². The minimum absolute atomic E-state index is 0.829. The molecule has 0 N–H and O–H groups in total. The van der Waals surface area contributed by atoms with Crippen LogP contribution < -0.4 is 17.9 Å². The summed E-state index contributed by atoms with van der Waals surface area (Å²) in [7, 11) is 0. The Bertz CT molecular complexity index is 2000. The van der Waals surface area contributed by atoms with Crippen molar-refractivity contribution in [2.45, 2.75) is 0 Å². The molecular weight excluding hydrogens is 539 g/mol. The second kappa shape index (κ2) is 9.01. The number of hydrogen-bond donors (Lipinski definition) is 0. The van der Waals surface area contributed by atoms with Gasteiger partial charge < -0.3 is 0 Å². The van der Waals surface area contributed by atoms with E-state index in [-0.39, 0.29) is 0 Å². The topological polar surface area (TPSA) is 27.1 Å². The van der Waals surface area contributed by atoms with Crippen LogP contribution in [0.25, 0.3) is 38.6 Å². The number of para-hydroxylation sites is 2. The van der Waals surface area contributed by atoms with Gasteiger partial charge in [-0.2, -0.15) is 0 Å². The Hall–Kier alpha value is -4.59. The van der Waals surface area contributed by atoms with E-state index < -0.39 is 14.7 Å². The molecule has 0 saturated carbocycles. The van der Waals surface area contributed by atoms with Gasteiger partial charge in [0.15, 0.2) is 0 Å². The van der Waals surface area contributed by atoms with Gasteiger partial charge in [-0.3, -0.25) is 0 Å². The molecule has 1 aliphatic rings. The molecule has 0 radical (unpaired) electrons. The van der Waals surface area contributed by atoms with Crippen molar-refractivity contribution in [2.75, 3.05) is 0 Å². The predicted octanol–water partition coefficient (Wildman–Crippen LogP) is 6.47. The molecule has 1 unspecified atom stereocenters. The van der Waals surface area contributed by atoms with E-state index in [0.717, 1.165) is 22.7 Å². The van der Waals surface area contributed by atoms with Crippen molar-refractivity contribution in [2.24, 2.45) is 0 Å². The average molecular weight is 563 g/mol. The van der Waals surface area contributed by atoms with Crippen LogP contribution >= 0.6 is 0 Å². The average Bonchev–Trinajstić information content (AvgIpc) is 3.50. The zero-order valence-electron chi connectivity index (χ0n) is 21.0. The van der Waals surface area contributed by atoms with Crippen LogP contribution in [0.2, 0.25) is 0 Å². The summed E-state index contributed by atoms with van der Waals surface area (Å²) in [6, 6.07) is 47.2. The number of pyridine rings is 1. The Balaban J connectivity index is 1.24. The summed E-state index contributed by atoms with van der Waals surface area (Å²) in [4.78, 5) is 4.79. The number of hydrogen-bond acceptors (Lipinski definition) is 2. The van der Waals surface area contributed by atoms with Crippen LogP contribution in [-0.2, 0) is 0 Å². The first-order chi connectivity index (χ1) is 19.3. The molecule has 4 heteroatoms. The quantitative estimate of drug-likeness (QED) is 0.230. The molecule has 0 bridgehead atoms. The van der Waals surface area contributed by atoms with Gasteiger partial charge >= 0.3 is 232 Å². The summed E-state index contributed by atoms with van der Waals surface area (Å²) < 4.78 is 12.9. The minimum atomic E-state index is -1.76. The van der Waals surface area contributed by atoms with E-state index in [1.807, 2.05) is 12.3 Å². The predicted molar refractivity (Wildman–Crippen MR) is 162 cm³/mol. The monoisotopic (exact) mass is 562 g/mol. The van der Waals surface area contributed by atoms with Crippen molar-refractivity contribution in [1.82, 2.24) is 9.55 Å². The maximum absolute atomic E-state index is 6.57. The molecule has 5 aromatic carbocycles. The van der Waals surface area contributed by atoms with Crippen LogP contribution in [0.3, 0.4) is 0 Å². The van der Waals surface area contributed by atoms with Gasteiger partial charge in [0.05, 0.1) is 0 Å². The van der Waals surface area contributed by atoms with Crippen LogP contribution in [0.5, 0.6) is 11.5 Å². The first-order valence-corrected chi connectivity index (χ1v) is 15.9. The molecule has 3 nitrogen and oxygen atoms in total. The summed E-state index contributed by atoms with van der Waals surface area (Å²) >= 11 is -1.76. The van der Waals surface area contributed by atoms with Gasteiger partial charge in [0.2, 0.25) is 0 Å². The molecule has 0 spiro atoms. The Kier molecular flexibility index (Phi) is 5.17. The first kappa shape index (κ1) is 22.4. The summed E-state index contributed by atoms with van der Waals surface area (Å²) in [5, 5.41) is 2.46. The Morgan fingerprint density at radius 2 is 1.26 bits per heavy atom. The van der Waals surface area contributed by atoms with Crippen molar-refractivity contribution in [1.29, 1.82) is 0 Å². The standard InChI is InChI=1S/C35H23AsN2O/c1-2-10-24(11-3-1)38-33-15-7-5-13-29(33)30-20-18-26(23-34(30)38)39-25-17-19-28-27-12-4-6-14-31(27)36(32(28)22-25)35-16-8-9-21-37-35/h1-23H. The summed E-state index contributed by atoms with van der Waals surface area (Å²) in [6.45, 7) is 0. The third-order valence-electron chi connectivity index (χ3n) is 7.42. The Morgan fingerprint density at radius 1 is 0.538 bits per heavy atom. The molecule has 2 aromatic heterocycles. The summed E-state index contributed by atoms with van der Waals surface area (Å²) in [6.07, 6.45) is 1.91. The van der Waals surface area contributed by atoms with Gasteiger partial charge in [0.1, 0.15) is 0 Å². The van der Waals surface area contributed by atoms with Crippen molar-refractivity contribution in [3.63, 3.8) is 0 Å². The van der Waals surface area contributed by atoms with Crippen LogP contribution in [0.1, 0.15) is 0 Å². The zero-order chi connectivity index (χ0) is 25.8. The molecule has 1 aliphatic heterocycles. The van der Waals surface area contributed by atoms with E-state index in [4.69, 9.17) is 9.72 Å². The van der Waals surface area contributed by atoms with Crippen LogP contribution in [0.15, 0.2) is 140 Å². The maximum atomic E-state index is 6.57. The molecule has 0 saturated heterocycles. The molecule has 8 rings (SSSR count). The van der Waals surface area contributed by atoms with E-state index in [1.165, 1.54) is 40.6 Å². The van der Waals surface area contributed by atoms with Gasteiger partial charge in [-0.1, -0.05) is 0 Å². The molecular formula is C35H23AsN2O. The van der Waals surface area contributed by atoms with E-state index in [9.17, 15) is 0 Å². The van der Waals surface area contributed by atoms with Crippen LogP contribution in [0, 0.1) is 0 Å². The van der Waals surface area contributed by atoms with Crippen molar-refractivity contribution < 1.29 is 4.74 Å². The fourth-order valence-electron chi connectivity index (χ4n) is 5.75. The SMILES string of the molecule is c1ccc(-n2c3ccccc3c3ccc(Oc4ccc5c(c4)[As](c4ccccn4)c4ccccc4-5)cc32)cc1. The first-order valence-electron chi connectivity index (χ1n) is 13.1. The van der Waals surface area contributed by atoms with Gasteiger partial charge in [0, 0.05) is 0 Å². The molecule has 184 valence electrons. The van der Waals surface area contributed by atoms with Gasteiger partial charge in [0.25, 0.3) is 0 Å². The number of fused-ring (bicyclic) bond motifs is 6. The van der Waals surface area contributed by atoms with Crippen molar-refractivity contribution >= 4 is 49.6 Å². The van der Waals surface area contributed by atoms with Crippen molar-refractivity contribution in [3.8, 4) is 28.3 Å². The normalized spacial score (nSPS) is 13.9. The van der Waals surface area contributed by atoms with Gasteiger partial charge in [-0.15, -0.1) is 0 Å². The van der Waals surface area contributed by atoms with Crippen molar-refractivity contribution in [3.05, 3.63) is 140 Å². The van der Waals surface area contributed by atoms with Gasteiger partial charge in [-0.05, 0) is 0 Å². The van der Waals surface area contributed by atoms with Crippen LogP contribution in [0.4, 0.5) is 0 Å². The molecule has 0 fully saturated rings. The number of benzene rings is 5. The summed E-state index contributed by atoms with van der Waals surface area (Å²) in [5.74, 6) is 1.69. The second-order valence-electron chi connectivity index (χ2n) is 9.69.